The Hall–Kier alpha value is -1.67. The Morgan fingerprint density at radius 3 is 2.70 bits per heavy atom. The summed E-state index contributed by atoms with van der Waals surface area (Å²) in [6.07, 6.45) is 6.81. The third-order valence-corrected chi connectivity index (χ3v) is 4.29. The highest BCUT2D eigenvalue weighted by molar-refractivity contribution is 6.00. The summed E-state index contributed by atoms with van der Waals surface area (Å²) in [6.45, 7) is 6.38. The van der Waals surface area contributed by atoms with Crippen LogP contribution in [0.2, 0.25) is 0 Å². The minimum atomic E-state index is 0.234. The number of piperidine rings is 1. The number of rotatable bonds is 4. The Kier molecular flexibility index (Phi) is 4.91. The zero-order valence-electron chi connectivity index (χ0n) is 12.1. The molecule has 2 bridgehead atoms. The van der Waals surface area contributed by atoms with Crippen molar-refractivity contribution in [1.29, 1.82) is 10.7 Å². The van der Waals surface area contributed by atoms with Gasteiger partial charge in [0.2, 0.25) is 5.96 Å². The van der Waals surface area contributed by atoms with Gasteiger partial charge in [-0.1, -0.05) is 6.58 Å². The first kappa shape index (κ1) is 14.7. The summed E-state index contributed by atoms with van der Waals surface area (Å²) in [5.41, 5.74) is 0.761. The molecule has 0 unspecified atom stereocenters. The largest absolute Gasteiger partial charge is 0.352 e. The molecule has 0 aromatic carbocycles. The molecule has 2 N–H and O–H groups in total. The van der Waals surface area contributed by atoms with Gasteiger partial charge in [0.25, 0.3) is 0 Å². The molecule has 0 spiro atoms. The highest BCUT2D eigenvalue weighted by atomic mass is 15.2. The van der Waals surface area contributed by atoms with Crippen LogP contribution >= 0.6 is 0 Å². The van der Waals surface area contributed by atoms with Crippen LogP contribution in [0.4, 0.5) is 0 Å². The van der Waals surface area contributed by atoms with E-state index in [-0.39, 0.29) is 5.96 Å². The van der Waals surface area contributed by atoms with Crippen LogP contribution in [0, 0.1) is 16.7 Å². The van der Waals surface area contributed by atoms with Crippen LogP contribution in [0.5, 0.6) is 0 Å². The molecule has 0 radical (unpaired) electrons. The predicted molar refractivity (Wildman–Crippen MR) is 80.9 cm³/mol. The molecule has 3 atom stereocenters. The van der Waals surface area contributed by atoms with E-state index in [9.17, 15) is 0 Å². The molecule has 0 saturated carbocycles. The second-order valence-electron chi connectivity index (χ2n) is 5.65. The highest BCUT2D eigenvalue weighted by Gasteiger charge is 2.40. The molecule has 0 aliphatic carbocycles. The van der Waals surface area contributed by atoms with Crippen molar-refractivity contribution in [1.82, 2.24) is 10.2 Å². The van der Waals surface area contributed by atoms with E-state index in [0.717, 1.165) is 25.1 Å². The molecule has 2 aliphatic heterocycles. The Labute approximate surface area is 120 Å². The third kappa shape index (κ3) is 3.45. The van der Waals surface area contributed by atoms with Crippen molar-refractivity contribution in [3.8, 4) is 6.07 Å². The number of nitrogens with zero attached hydrogens (tertiary/aromatic N) is 3. The van der Waals surface area contributed by atoms with Crippen molar-refractivity contribution in [2.75, 3.05) is 6.54 Å². The number of guanidine groups is 1. The Bertz CT molecular complexity index is 434. The smallest absolute Gasteiger partial charge is 0.215 e. The molecule has 108 valence electrons. The Balaban J connectivity index is 1.88. The number of fused-ring (bicyclic) bond motifs is 2. The molecule has 20 heavy (non-hydrogen) atoms. The first-order valence-electron chi connectivity index (χ1n) is 7.29. The zero-order valence-corrected chi connectivity index (χ0v) is 12.1. The molecule has 5 nitrogen and oxygen atoms in total. The number of nitrogens with one attached hydrogen (secondary N) is 2. The minimum Gasteiger partial charge on any atom is -0.352 e. The average molecular weight is 273 g/mol. The van der Waals surface area contributed by atoms with E-state index in [4.69, 9.17) is 10.7 Å². The summed E-state index contributed by atoms with van der Waals surface area (Å²) in [5, 5.41) is 19.8. The summed E-state index contributed by atoms with van der Waals surface area (Å²) in [7, 11) is 0. The SMILES string of the molecule is C=C/C(C)=N/C(=N)N[C@@H]1C[C@H]2CC[C@@H](C1)N2CCC#N. The van der Waals surface area contributed by atoms with Gasteiger partial charge in [0.05, 0.1) is 6.07 Å². The fraction of sp³-hybridized carbons (Fsp3) is 0.667. The monoisotopic (exact) mass is 273 g/mol. The molecular weight excluding hydrogens is 250 g/mol. The van der Waals surface area contributed by atoms with E-state index >= 15 is 0 Å². The molecule has 2 aliphatic rings. The van der Waals surface area contributed by atoms with Crippen LogP contribution in [-0.4, -0.2) is 41.2 Å². The first-order valence-corrected chi connectivity index (χ1v) is 7.29. The van der Waals surface area contributed by atoms with E-state index in [1.165, 1.54) is 12.8 Å². The molecule has 2 rings (SSSR count). The van der Waals surface area contributed by atoms with E-state index < -0.39 is 0 Å². The van der Waals surface area contributed by atoms with Crippen molar-refractivity contribution in [3.05, 3.63) is 12.7 Å². The molecule has 2 heterocycles. The summed E-state index contributed by atoms with van der Waals surface area (Å²) in [4.78, 5) is 6.63. The maximum absolute atomic E-state index is 8.73. The summed E-state index contributed by atoms with van der Waals surface area (Å²) >= 11 is 0. The van der Waals surface area contributed by atoms with Crippen molar-refractivity contribution in [3.63, 3.8) is 0 Å². The van der Waals surface area contributed by atoms with Gasteiger partial charge in [-0.15, -0.1) is 0 Å². The lowest BCUT2D eigenvalue weighted by molar-refractivity contribution is 0.125. The topological polar surface area (TPSA) is 75.3 Å². The van der Waals surface area contributed by atoms with Crippen molar-refractivity contribution in [2.45, 2.75) is 57.2 Å². The van der Waals surface area contributed by atoms with Crippen molar-refractivity contribution < 1.29 is 0 Å². The molecule has 2 saturated heterocycles. The van der Waals surface area contributed by atoms with Gasteiger partial charge >= 0.3 is 0 Å². The molecule has 0 amide bonds. The van der Waals surface area contributed by atoms with Gasteiger partial charge in [0, 0.05) is 36.8 Å². The quantitative estimate of drug-likeness (QED) is 0.608. The van der Waals surface area contributed by atoms with E-state index in [1.54, 1.807) is 6.08 Å². The zero-order chi connectivity index (χ0) is 14.5. The fourth-order valence-corrected chi connectivity index (χ4v) is 3.38. The second-order valence-corrected chi connectivity index (χ2v) is 5.65. The van der Waals surface area contributed by atoms with Gasteiger partial charge in [-0.3, -0.25) is 10.3 Å². The van der Waals surface area contributed by atoms with E-state index in [2.05, 4.69) is 27.9 Å². The van der Waals surface area contributed by atoms with Gasteiger partial charge in [0.1, 0.15) is 0 Å². The van der Waals surface area contributed by atoms with Crippen LogP contribution in [0.3, 0.4) is 0 Å². The van der Waals surface area contributed by atoms with Crippen molar-refractivity contribution >= 4 is 11.7 Å². The molecule has 0 aromatic rings. The van der Waals surface area contributed by atoms with Gasteiger partial charge in [-0.2, -0.15) is 5.26 Å². The van der Waals surface area contributed by atoms with Crippen LogP contribution in [0.25, 0.3) is 0 Å². The lowest BCUT2D eigenvalue weighted by atomic mass is 9.97. The van der Waals surface area contributed by atoms with Gasteiger partial charge in [0.15, 0.2) is 0 Å². The minimum absolute atomic E-state index is 0.234. The van der Waals surface area contributed by atoms with E-state index in [0.29, 0.717) is 24.5 Å². The van der Waals surface area contributed by atoms with Crippen molar-refractivity contribution in [2.24, 2.45) is 4.99 Å². The maximum atomic E-state index is 8.73. The van der Waals surface area contributed by atoms with Crippen LogP contribution in [-0.2, 0) is 0 Å². The number of nitriles is 1. The van der Waals surface area contributed by atoms with Gasteiger partial charge < -0.3 is 5.32 Å². The molecule has 2 fully saturated rings. The molecular formula is C15H23N5. The molecule has 0 aromatic heterocycles. The standard InChI is InChI=1S/C15H23N5/c1-3-11(2)18-15(17)19-12-9-13-5-6-14(10-12)20(13)8-4-7-16/h3,12-14H,1,4-6,8-10H2,2H3,(H2,17,19)/b18-11+/t12-,13-,14+. The fourth-order valence-electron chi connectivity index (χ4n) is 3.38. The normalized spacial score (nSPS) is 29.8. The van der Waals surface area contributed by atoms with Crippen LogP contribution in [0.1, 0.15) is 39.0 Å². The van der Waals surface area contributed by atoms with Crippen LogP contribution < -0.4 is 5.32 Å². The lowest BCUT2D eigenvalue weighted by Crippen LogP contribution is -2.50. The predicted octanol–water partition coefficient (Wildman–Crippen LogP) is 2.07. The first-order chi connectivity index (χ1) is 9.63. The van der Waals surface area contributed by atoms with Gasteiger partial charge in [-0.05, 0) is 38.7 Å². The third-order valence-electron chi connectivity index (χ3n) is 4.29. The maximum Gasteiger partial charge on any atom is 0.215 e. The number of hydrogen-bond acceptors (Lipinski definition) is 3. The number of allylic oxidation sites excluding steroid dienone is 1. The van der Waals surface area contributed by atoms with E-state index in [1.807, 2.05) is 6.92 Å². The Morgan fingerprint density at radius 2 is 2.15 bits per heavy atom. The summed E-state index contributed by atoms with van der Waals surface area (Å²) in [5.74, 6) is 0.234. The number of aliphatic imine (C=N–C) groups is 1. The Morgan fingerprint density at radius 1 is 1.50 bits per heavy atom. The second kappa shape index (κ2) is 6.67. The summed E-state index contributed by atoms with van der Waals surface area (Å²) in [6, 6.07) is 3.70. The van der Waals surface area contributed by atoms with Gasteiger partial charge in [-0.25, -0.2) is 4.99 Å². The lowest BCUT2D eigenvalue weighted by Gasteiger charge is -2.38. The van der Waals surface area contributed by atoms with Crippen LogP contribution in [0.15, 0.2) is 17.6 Å². The average Bonchev–Trinajstić information content (AvgIpc) is 2.66. The summed E-state index contributed by atoms with van der Waals surface area (Å²) < 4.78 is 0. The number of hydrogen-bond donors (Lipinski definition) is 2. The molecule has 5 heteroatoms. The highest BCUT2D eigenvalue weighted by Crippen LogP contribution is 2.35.